The Labute approximate surface area is 208 Å². The Hall–Kier alpha value is -3.64. The maximum absolute atomic E-state index is 12.8. The van der Waals surface area contributed by atoms with Crippen LogP contribution in [0.4, 0.5) is 18.9 Å². The number of rotatable bonds is 9. The maximum atomic E-state index is 12.8. The topological polar surface area (TPSA) is 113 Å². The molecule has 0 aliphatic carbocycles. The van der Waals surface area contributed by atoms with E-state index >= 15 is 0 Å². The molecule has 0 aliphatic heterocycles. The maximum Gasteiger partial charge on any atom is 0.416 e. The molecule has 0 aliphatic rings. The second-order valence-corrected chi connectivity index (χ2v) is 9.99. The first-order valence-corrected chi connectivity index (χ1v) is 12.3. The summed E-state index contributed by atoms with van der Waals surface area (Å²) < 4.78 is 73.3. The van der Waals surface area contributed by atoms with Gasteiger partial charge in [-0.25, -0.2) is 13.2 Å². The van der Waals surface area contributed by atoms with Crippen LogP contribution in [0.3, 0.4) is 0 Å². The highest BCUT2D eigenvalue weighted by Gasteiger charge is 2.31. The van der Waals surface area contributed by atoms with Crippen LogP contribution in [0, 0.1) is 10.1 Å². The minimum Gasteiger partial charge on any atom is -0.461 e. The van der Waals surface area contributed by atoms with E-state index in [-0.39, 0.29) is 22.3 Å². The lowest BCUT2D eigenvalue weighted by atomic mass is 10.1. The van der Waals surface area contributed by atoms with Crippen LogP contribution in [0.2, 0.25) is 5.02 Å². The number of nitro benzene ring substituents is 1. The fourth-order valence-electron chi connectivity index (χ4n) is 3.03. The van der Waals surface area contributed by atoms with Gasteiger partial charge in [-0.2, -0.15) is 13.2 Å². The van der Waals surface area contributed by atoms with E-state index in [1.807, 2.05) is 0 Å². The number of nitrogens with zero attached hydrogens (tertiary/aromatic N) is 1. The van der Waals surface area contributed by atoms with Crippen molar-refractivity contribution in [2.45, 2.75) is 11.9 Å². The molecule has 0 radical (unpaired) electrons. The number of sulfone groups is 1. The fraction of sp³-hybridized carbons (Fsp3) is 0.174. The highest BCUT2D eigenvalue weighted by atomic mass is 35.5. The van der Waals surface area contributed by atoms with E-state index < -0.39 is 56.1 Å². The Morgan fingerprint density at radius 3 is 2.33 bits per heavy atom. The number of hydrogen-bond acceptors (Lipinski definition) is 7. The fourth-order valence-corrected chi connectivity index (χ4v) is 4.43. The normalized spacial score (nSPS) is 11.7. The summed E-state index contributed by atoms with van der Waals surface area (Å²) in [4.78, 5) is 23.0. The van der Waals surface area contributed by atoms with Gasteiger partial charge in [0.05, 0.1) is 27.0 Å². The molecule has 0 bridgehead atoms. The van der Waals surface area contributed by atoms with Crippen LogP contribution in [0.15, 0.2) is 66.7 Å². The third-order valence-corrected chi connectivity index (χ3v) is 6.59. The van der Waals surface area contributed by atoms with Crippen LogP contribution in [0.25, 0.3) is 0 Å². The molecular weight excluding hydrogens is 527 g/mol. The van der Waals surface area contributed by atoms with Crippen LogP contribution in [-0.4, -0.2) is 31.7 Å². The van der Waals surface area contributed by atoms with E-state index in [0.717, 1.165) is 30.3 Å². The molecule has 0 saturated heterocycles. The molecule has 0 heterocycles. The zero-order valence-corrected chi connectivity index (χ0v) is 19.8. The number of halogens is 4. The molecule has 3 rings (SSSR count). The van der Waals surface area contributed by atoms with Gasteiger partial charge in [-0.05, 0) is 29.8 Å². The summed E-state index contributed by atoms with van der Waals surface area (Å²) in [6.07, 6.45) is -4.62. The van der Waals surface area contributed by atoms with Crippen molar-refractivity contribution in [3.8, 4) is 11.5 Å². The van der Waals surface area contributed by atoms with Gasteiger partial charge in [0.15, 0.2) is 9.84 Å². The van der Waals surface area contributed by atoms with Gasteiger partial charge in [-0.1, -0.05) is 41.9 Å². The van der Waals surface area contributed by atoms with E-state index in [1.54, 1.807) is 30.3 Å². The molecule has 0 unspecified atom stereocenters. The van der Waals surface area contributed by atoms with Gasteiger partial charge >= 0.3 is 12.1 Å². The minimum atomic E-state index is -4.62. The number of hydrogen-bond donors (Lipinski definition) is 0. The number of carbonyl (C=O) groups is 1. The Balaban J connectivity index is 1.73. The molecule has 3 aromatic carbocycles. The van der Waals surface area contributed by atoms with Crippen molar-refractivity contribution in [2.75, 3.05) is 12.4 Å². The van der Waals surface area contributed by atoms with Crippen molar-refractivity contribution in [1.82, 2.24) is 0 Å². The van der Waals surface area contributed by atoms with Gasteiger partial charge < -0.3 is 9.47 Å². The van der Waals surface area contributed by atoms with Gasteiger partial charge in [0.25, 0.3) is 5.69 Å². The predicted molar refractivity (Wildman–Crippen MR) is 124 cm³/mol. The van der Waals surface area contributed by atoms with Crippen LogP contribution >= 0.6 is 11.6 Å². The van der Waals surface area contributed by atoms with Crippen molar-refractivity contribution >= 4 is 33.1 Å². The molecule has 3 aromatic rings. The van der Waals surface area contributed by atoms with Gasteiger partial charge in [-0.15, -0.1) is 0 Å². The molecule has 0 aromatic heterocycles. The van der Waals surface area contributed by atoms with Crippen molar-refractivity contribution in [3.05, 3.63) is 98.6 Å². The quantitative estimate of drug-likeness (QED) is 0.189. The molecule has 0 atom stereocenters. The van der Waals surface area contributed by atoms with Crippen LogP contribution in [0.5, 0.6) is 11.5 Å². The third-order valence-electron chi connectivity index (χ3n) is 4.73. The molecule has 0 amide bonds. The monoisotopic (exact) mass is 543 g/mol. The molecule has 13 heteroatoms. The third kappa shape index (κ3) is 7.18. The van der Waals surface area contributed by atoms with Crippen LogP contribution in [-0.2, 0) is 26.5 Å². The second-order valence-electron chi connectivity index (χ2n) is 7.39. The second kappa shape index (κ2) is 11.0. The highest BCUT2D eigenvalue weighted by molar-refractivity contribution is 7.90. The molecule has 0 N–H and O–H groups in total. The summed E-state index contributed by atoms with van der Waals surface area (Å²) in [5, 5.41) is 11.0. The first kappa shape index (κ1) is 27.0. The first-order chi connectivity index (χ1) is 16.9. The van der Waals surface area contributed by atoms with E-state index in [1.165, 1.54) is 0 Å². The molecule has 8 nitrogen and oxygen atoms in total. The van der Waals surface area contributed by atoms with Gasteiger partial charge in [0.1, 0.15) is 23.7 Å². The minimum absolute atomic E-state index is 0.147. The molecule has 0 spiro atoms. The van der Waals surface area contributed by atoms with Crippen molar-refractivity contribution in [3.63, 3.8) is 0 Å². The SMILES string of the molecule is O=C(OCCS(=O)(=O)Cc1ccccc1)c1cc(Oc2ccc(C(F)(F)F)cc2Cl)ccc1[N+](=O)[O-]. The summed E-state index contributed by atoms with van der Waals surface area (Å²) in [7, 11) is -3.64. The van der Waals surface area contributed by atoms with Crippen molar-refractivity contribution in [2.24, 2.45) is 0 Å². The van der Waals surface area contributed by atoms with Gasteiger partial charge in [0, 0.05) is 12.1 Å². The number of alkyl halides is 3. The zero-order chi connectivity index (χ0) is 26.5. The molecule has 0 saturated carbocycles. The smallest absolute Gasteiger partial charge is 0.416 e. The number of benzene rings is 3. The number of carbonyl (C=O) groups excluding carboxylic acids is 1. The molecule has 0 fully saturated rings. The molecular formula is C23H17ClF3NO7S. The van der Waals surface area contributed by atoms with E-state index in [4.69, 9.17) is 21.1 Å². The summed E-state index contributed by atoms with van der Waals surface area (Å²) in [5.41, 5.74) is -1.64. The number of esters is 1. The Kier molecular flexibility index (Phi) is 8.21. The van der Waals surface area contributed by atoms with E-state index in [2.05, 4.69) is 0 Å². The van der Waals surface area contributed by atoms with E-state index in [9.17, 15) is 36.5 Å². The van der Waals surface area contributed by atoms with Crippen LogP contribution in [0.1, 0.15) is 21.5 Å². The summed E-state index contributed by atoms with van der Waals surface area (Å²) >= 11 is 5.86. The van der Waals surface area contributed by atoms with Gasteiger partial charge in [0.2, 0.25) is 0 Å². The highest BCUT2D eigenvalue weighted by Crippen LogP contribution is 2.37. The summed E-state index contributed by atoms with van der Waals surface area (Å²) in [5.74, 6) is -2.31. The van der Waals surface area contributed by atoms with Crippen molar-refractivity contribution < 1.29 is 40.8 Å². The Bertz CT molecular complexity index is 1380. The molecule has 36 heavy (non-hydrogen) atoms. The average molecular weight is 544 g/mol. The summed E-state index contributed by atoms with van der Waals surface area (Å²) in [6.45, 7) is -0.555. The Morgan fingerprint density at radius 2 is 1.72 bits per heavy atom. The largest absolute Gasteiger partial charge is 0.461 e. The predicted octanol–water partition coefficient (Wildman–Crippen LogP) is 5.83. The van der Waals surface area contributed by atoms with E-state index in [0.29, 0.717) is 11.6 Å². The van der Waals surface area contributed by atoms with Crippen molar-refractivity contribution in [1.29, 1.82) is 0 Å². The number of nitro groups is 1. The first-order valence-electron chi connectivity index (χ1n) is 10.1. The zero-order valence-electron chi connectivity index (χ0n) is 18.2. The lowest BCUT2D eigenvalue weighted by Gasteiger charge is -2.12. The van der Waals surface area contributed by atoms with Crippen LogP contribution < -0.4 is 4.74 Å². The van der Waals surface area contributed by atoms with Gasteiger partial charge in [-0.3, -0.25) is 10.1 Å². The summed E-state index contributed by atoms with van der Waals surface area (Å²) in [6, 6.07) is 13.7. The lowest BCUT2D eigenvalue weighted by molar-refractivity contribution is -0.385. The average Bonchev–Trinajstić information content (AvgIpc) is 2.79. The Morgan fingerprint density at radius 1 is 1.03 bits per heavy atom. The molecule has 190 valence electrons. The standard InChI is InChI=1S/C23H17ClF3NO7S/c24-19-12-16(23(25,26)27)6-9-21(19)35-17-7-8-20(28(30)31)18(13-17)22(29)34-10-11-36(32,33)14-15-4-2-1-3-5-15/h1-9,12-13H,10-11,14H2. The lowest BCUT2D eigenvalue weighted by Crippen LogP contribution is -2.17. The number of ether oxygens (including phenoxy) is 2.